The summed E-state index contributed by atoms with van der Waals surface area (Å²) in [5.41, 5.74) is -2.74. The molecule has 42 heavy (non-hydrogen) atoms. The van der Waals surface area contributed by atoms with Crippen molar-refractivity contribution < 1.29 is 48.6 Å². The highest BCUT2D eigenvalue weighted by Gasteiger charge is 2.58. The van der Waals surface area contributed by atoms with E-state index < -0.39 is 77.5 Å². The molecule has 0 spiro atoms. The quantitative estimate of drug-likeness (QED) is 0.303. The Hall–Kier alpha value is -1.18. The number of cyclic esters (lactones) is 1. The molecule has 14 atom stereocenters. The molecule has 11 nitrogen and oxygen atoms in total. The molecular weight excluding hydrogens is 546 g/mol. The van der Waals surface area contributed by atoms with Gasteiger partial charge in [0.2, 0.25) is 0 Å². The number of fused-ring (bicyclic) bond motifs is 2. The zero-order valence-electron chi connectivity index (χ0n) is 26.5. The number of aliphatic hydroxyl groups is 3. The van der Waals surface area contributed by atoms with Crippen LogP contribution in [0.25, 0.3) is 0 Å². The van der Waals surface area contributed by atoms with Crippen molar-refractivity contribution in [2.75, 3.05) is 26.3 Å². The molecule has 4 aliphatic heterocycles. The molecule has 0 amide bonds. The van der Waals surface area contributed by atoms with Gasteiger partial charge in [-0.3, -0.25) is 14.5 Å². The zero-order chi connectivity index (χ0) is 31.1. The first-order valence-electron chi connectivity index (χ1n) is 15.8. The van der Waals surface area contributed by atoms with Crippen molar-refractivity contribution in [1.29, 1.82) is 0 Å². The number of nitrogens with zero attached hydrogens (tertiary/aromatic N) is 1. The van der Waals surface area contributed by atoms with Gasteiger partial charge >= 0.3 is 5.97 Å². The van der Waals surface area contributed by atoms with Gasteiger partial charge in [0.15, 0.2) is 12.1 Å². The number of rotatable bonds is 6. The van der Waals surface area contributed by atoms with Gasteiger partial charge < -0.3 is 39.0 Å². The molecule has 242 valence electrons. The summed E-state index contributed by atoms with van der Waals surface area (Å²) in [6, 6.07) is -0.192. The van der Waals surface area contributed by atoms with E-state index in [4.69, 9.17) is 23.7 Å². The van der Waals surface area contributed by atoms with E-state index >= 15 is 0 Å². The fourth-order valence-electron chi connectivity index (χ4n) is 7.81. The van der Waals surface area contributed by atoms with E-state index in [2.05, 4.69) is 4.90 Å². The molecule has 4 aliphatic rings. The highest BCUT2D eigenvalue weighted by Crippen LogP contribution is 2.47. The molecule has 0 aliphatic carbocycles. The zero-order valence-corrected chi connectivity index (χ0v) is 26.5. The molecule has 4 fully saturated rings. The van der Waals surface area contributed by atoms with Gasteiger partial charge in [0.25, 0.3) is 0 Å². The fraction of sp³-hybridized carbons (Fsp3) is 0.935. The second-order valence-electron chi connectivity index (χ2n) is 13.7. The summed E-state index contributed by atoms with van der Waals surface area (Å²) in [5, 5.41) is 33.6. The average Bonchev–Trinajstić information content (AvgIpc) is 3.28. The topological polar surface area (TPSA) is 144 Å². The Morgan fingerprint density at radius 1 is 1.14 bits per heavy atom. The highest BCUT2D eigenvalue weighted by atomic mass is 16.7. The van der Waals surface area contributed by atoms with Gasteiger partial charge in [-0.2, -0.15) is 0 Å². The van der Waals surface area contributed by atoms with Crippen molar-refractivity contribution in [3.8, 4) is 0 Å². The third-order valence-electron chi connectivity index (χ3n) is 10.3. The maximum absolute atomic E-state index is 13.8. The summed E-state index contributed by atoms with van der Waals surface area (Å²) in [5.74, 6) is -3.67. The minimum atomic E-state index is -1.77. The summed E-state index contributed by atoms with van der Waals surface area (Å²) in [4.78, 5) is 29.4. The Morgan fingerprint density at radius 3 is 2.40 bits per heavy atom. The van der Waals surface area contributed by atoms with E-state index in [1.165, 1.54) is 13.8 Å². The molecule has 0 radical (unpaired) electrons. The number of morpholine rings is 1. The molecule has 0 aromatic rings. The number of esters is 1. The standard InChI is InChI=1S/C31H53NO10/c1-9-22(33)31(8,37)27-20(6)25-16(2)15-30(7,42-25)26(18(4)23(34)19(5)28(36)40-27)41-29-24(35)21(14-17(3)39-29)32-10-12-38-13-11-32/h16-22,24-27,29,33,35,37H,9-15H2,1-8H3/t16?,17?,18-,19+,20-,21?,22+,24?,25?,26+,27+,29-,30+,31+/m0/s1. The number of hydrogen-bond acceptors (Lipinski definition) is 11. The van der Waals surface area contributed by atoms with Crippen LogP contribution < -0.4 is 0 Å². The Morgan fingerprint density at radius 2 is 1.79 bits per heavy atom. The molecule has 4 rings (SSSR count). The van der Waals surface area contributed by atoms with Crippen LogP contribution in [-0.4, -0.2) is 118 Å². The van der Waals surface area contributed by atoms with Crippen LogP contribution in [0.1, 0.15) is 74.7 Å². The molecule has 0 aromatic heterocycles. The molecule has 0 aromatic carbocycles. The van der Waals surface area contributed by atoms with Crippen molar-refractivity contribution in [2.24, 2.45) is 23.7 Å². The largest absolute Gasteiger partial charge is 0.458 e. The average molecular weight is 600 g/mol. The minimum absolute atomic E-state index is 0.0526. The van der Waals surface area contributed by atoms with Crippen molar-refractivity contribution in [1.82, 2.24) is 4.90 Å². The number of ether oxygens (including phenoxy) is 5. The van der Waals surface area contributed by atoms with Gasteiger partial charge in [-0.05, 0) is 52.9 Å². The van der Waals surface area contributed by atoms with Crippen LogP contribution in [0.5, 0.6) is 0 Å². The van der Waals surface area contributed by atoms with Gasteiger partial charge in [-0.15, -0.1) is 0 Å². The lowest BCUT2D eigenvalue weighted by Gasteiger charge is -2.47. The molecule has 5 unspecified atom stereocenters. The lowest BCUT2D eigenvalue weighted by Crippen LogP contribution is -2.60. The van der Waals surface area contributed by atoms with E-state index in [0.29, 0.717) is 39.1 Å². The summed E-state index contributed by atoms with van der Waals surface area (Å²) in [6.07, 6.45) is -4.32. The van der Waals surface area contributed by atoms with Gasteiger partial charge in [0.1, 0.15) is 23.7 Å². The number of Topliss-reactive ketones (excluding diaryl/α,β-unsaturated/α-hetero) is 1. The summed E-state index contributed by atoms with van der Waals surface area (Å²) < 4.78 is 30.9. The van der Waals surface area contributed by atoms with Crippen molar-refractivity contribution in [3.63, 3.8) is 0 Å². The molecular formula is C31H53NO10. The summed E-state index contributed by atoms with van der Waals surface area (Å²) in [6.45, 7) is 16.7. The second kappa shape index (κ2) is 13.0. The van der Waals surface area contributed by atoms with E-state index in [0.717, 1.165) is 0 Å². The normalized spacial score (nSPS) is 46.4. The predicted molar refractivity (Wildman–Crippen MR) is 152 cm³/mol. The lowest BCUT2D eigenvalue weighted by atomic mass is 9.76. The predicted octanol–water partition coefficient (Wildman–Crippen LogP) is 1.68. The maximum atomic E-state index is 13.8. The number of hydrogen-bond donors (Lipinski definition) is 3. The number of carbonyl (C=O) groups is 2. The Labute approximate surface area is 250 Å². The van der Waals surface area contributed by atoms with Crippen LogP contribution in [-0.2, 0) is 33.3 Å². The summed E-state index contributed by atoms with van der Waals surface area (Å²) >= 11 is 0. The Kier molecular flexibility index (Phi) is 10.5. The Bertz CT molecular complexity index is 956. The van der Waals surface area contributed by atoms with Crippen LogP contribution in [0.4, 0.5) is 0 Å². The fourth-order valence-corrected chi connectivity index (χ4v) is 7.81. The van der Waals surface area contributed by atoms with Crippen LogP contribution in [0.3, 0.4) is 0 Å². The third-order valence-corrected chi connectivity index (χ3v) is 10.3. The lowest BCUT2D eigenvalue weighted by molar-refractivity contribution is -0.298. The van der Waals surface area contributed by atoms with Crippen molar-refractivity contribution >= 4 is 11.8 Å². The molecule has 11 heteroatoms. The van der Waals surface area contributed by atoms with Crippen LogP contribution >= 0.6 is 0 Å². The van der Waals surface area contributed by atoms with Crippen LogP contribution in [0.15, 0.2) is 0 Å². The van der Waals surface area contributed by atoms with Crippen molar-refractivity contribution in [2.45, 2.75) is 135 Å². The van der Waals surface area contributed by atoms with Crippen LogP contribution in [0, 0.1) is 23.7 Å². The molecule has 4 saturated heterocycles. The molecule has 2 bridgehead atoms. The number of ketones is 1. The number of aliphatic hydroxyl groups excluding tert-OH is 2. The maximum Gasteiger partial charge on any atom is 0.316 e. The second-order valence-corrected chi connectivity index (χ2v) is 13.7. The van der Waals surface area contributed by atoms with Gasteiger partial charge in [-0.25, -0.2) is 0 Å². The smallest absolute Gasteiger partial charge is 0.316 e. The first kappa shape index (κ1) is 33.7. The molecule has 0 saturated carbocycles. The Balaban J connectivity index is 1.68. The van der Waals surface area contributed by atoms with Gasteiger partial charge in [0, 0.05) is 31.0 Å². The van der Waals surface area contributed by atoms with Crippen molar-refractivity contribution in [3.05, 3.63) is 0 Å². The van der Waals surface area contributed by atoms with E-state index in [1.54, 1.807) is 13.8 Å². The van der Waals surface area contributed by atoms with E-state index in [9.17, 15) is 24.9 Å². The van der Waals surface area contributed by atoms with Gasteiger partial charge in [0.05, 0.1) is 43.2 Å². The monoisotopic (exact) mass is 599 g/mol. The van der Waals surface area contributed by atoms with E-state index in [1.807, 2.05) is 27.7 Å². The van der Waals surface area contributed by atoms with E-state index in [-0.39, 0.29) is 24.5 Å². The third kappa shape index (κ3) is 6.44. The first-order chi connectivity index (χ1) is 19.6. The minimum Gasteiger partial charge on any atom is -0.458 e. The summed E-state index contributed by atoms with van der Waals surface area (Å²) in [7, 11) is 0. The SMILES string of the molecule is CC[C@@H](O)[C@@](C)(O)[C@@H]1OC(=O)[C@H](C)C(=O)[C@H](C)[C@@H](O[C@@H]2OC(C)CC(N3CCOCC3)C2O)[C@@]2(C)CC(C)C(O2)[C@@H]1C. The number of carbonyl (C=O) groups excluding carboxylic acids is 2. The first-order valence-corrected chi connectivity index (χ1v) is 15.8. The molecule has 3 N–H and O–H groups in total. The molecule has 4 heterocycles. The van der Waals surface area contributed by atoms with Gasteiger partial charge in [-0.1, -0.05) is 27.7 Å². The highest BCUT2D eigenvalue weighted by molar-refractivity contribution is 6.00. The van der Waals surface area contributed by atoms with Crippen LogP contribution in [0.2, 0.25) is 0 Å².